The quantitative estimate of drug-likeness (QED) is 0.850. The first kappa shape index (κ1) is 14.1. The summed E-state index contributed by atoms with van der Waals surface area (Å²) in [6, 6.07) is 17.0. The molecular formula is C18H23N3. The zero-order chi connectivity index (χ0) is 14.8. The zero-order valence-corrected chi connectivity index (χ0v) is 12.5. The van der Waals surface area contributed by atoms with E-state index in [1.54, 1.807) is 0 Å². The van der Waals surface area contributed by atoms with Crippen LogP contribution in [-0.2, 0) is 6.54 Å². The van der Waals surface area contributed by atoms with E-state index in [0.717, 1.165) is 30.9 Å². The molecule has 110 valence electrons. The second-order valence-electron chi connectivity index (χ2n) is 6.03. The molecular weight excluding hydrogens is 258 g/mol. The Labute approximate surface area is 126 Å². The molecule has 0 bridgehead atoms. The number of likely N-dealkylation sites (tertiary alicyclic amines) is 1. The summed E-state index contributed by atoms with van der Waals surface area (Å²) in [5.41, 5.74) is 17.2. The first-order chi connectivity index (χ1) is 10.1. The third-order valence-electron chi connectivity index (χ3n) is 4.45. The largest absolute Gasteiger partial charge is 0.398 e. The van der Waals surface area contributed by atoms with Crippen LogP contribution in [-0.4, -0.2) is 24.0 Å². The van der Waals surface area contributed by atoms with Crippen LogP contribution in [0.5, 0.6) is 0 Å². The number of para-hydroxylation sites is 1. The number of hydrogen-bond acceptors (Lipinski definition) is 3. The summed E-state index contributed by atoms with van der Waals surface area (Å²) < 4.78 is 0. The summed E-state index contributed by atoms with van der Waals surface area (Å²) in [5.74, 6) is 0.327. The minimum Gasteiger partial charge on any atom is -0.398 e. The second-order valence-corrected chi connectivity index (χ2v) is 6.03. The van der Waals surface area contributed by atoms with E-state index in [9.17, 15) is 0 Å². The molecule has 1 heterocycles. The molecule has 2 aromatic carbocycles. The summed E-state index contributed by atoms with van der Waals surface area (Å²) in [6.07, 6.45) is 0. The number of aryl methyl sites for hydroxylation is 1. The van der Waals surface area contributed by atoms with E-state index in [4.69, 9.17) is 11.5 Å². The van der Waals surface area contributed by atoms with Crippen molar-refractivity contribution < 1.29 is 0 Å². The summed E-state index contributed by atoms with van der Waals surface area (Å²) in [4.78, 5) is 2.42. The Balaban J connectivity index is 1.76. The molecule has 3 heteroatoms. The van der Waals surface area contributed by atoms with Gasteiger partial charge in [0, 0.05) is 37.3 Å². The van der Waals surface area contributed by atoms with Gasteiger partial charge in [-0.3, -0.25) is 4.90 Å². The third kappa shape index (κ3) is 2.94. The fraction of sp³-hybridized carbons (Fsp3) is 0.333. The van der Waals surface area contributed by atoms with Crippen LogP contribution in [0.3, 0.4) is 0 Å². The van der Waals surface area contributed by atoms with Crippen molar-refractivity contribution in [1.29, 1.82) is 0 Å². The topological polar surface area (TPSA) is 55.3 Å². The molecule has 0 aliphatic carbocycles. The average molecular weight is 281 g/mol. The van der Waals surface area contributed by atoms with Gasteiger partial charge in [-0.05, 0) is 23.6 Å². The van der Waals surface area contributed by atoms with Crippen LogP contribution in [0, 0.1) is 6.92 Å². The molecule has 0 radical (unpaired) electrons. The Kier molecular flexibility index (Phi) is 3.95. The van der Waals surface area contributed by atoms with Crippen LogP contribution in [0.1, 0.15) is 22.6 Å². The molecule has 0 aromatic heterocycles. The molecule has 4 N–H and O–H groups in total. The summed E-state index contributed by atoms with van der Waals surface area (Å²) in [6.45, 7) is 4.91. The lowest BCUT2D eigenvalue weighted by Gasteiger charge is -2.18. The molecule has 1 aliphatic heterocycles. The molecule has 2 aromatic rings. The average Bonchev–Trinajstić information content (AvgIpc) is 2.83. The highest BCUT2D eigenvalue weighted by molar-refractivity contribution is 5.55. The smallest absolute Gasteiger partial charge is 0.0380 e. The van der Waals surface area contributed by atoms with Gasteiger partial charge in [-0.1, -0.05) is 48.5 Å². The Bertz CT molecular complexity index is 609. The number of nitrogens with two attached hydrogens (primary N) is 2. The maximum Gasteiger partial charge on any atom is 0.0380 e. The number of nitrogen functional groups attached to an aromatic ring is 1. The number of nitrogens with zero attached hydrogens (tertiary/aromatic N) is 1. The van der Waals surface area contributed by atoms with Gasteiger partial charge >= 0.3 is 0 Å². The van der Waals surface area contributed by atoms with Crippen molar-refractivity contribution in [2.24, 2.45) is 5.73 Å². The van der Waals surface area contributed by atoms with Crippen LogP contribution in [0.2, 0.25) is 0 Å². The molecule has 0 spiro atoms. The van der Waals surface area contributed by atoms with Gasteiger partial charge in [-0.25, -0.2) is 0 Å². The maximum atomic E-state index is 6.38. The Morgan fingerprint density at radius 2 is 1.81 bits per heavy atom. The first-order valence-corrected chi connectivity index (χ1v) is 7.52. The van der Waals surface area contributed by atoms with Crippen LogP contribution >= 0.6 is 0 Å². The van der Waals surface area contributed by atoms with Crippen LogP contribution in [0.15, 0.2) is 48.5 Å². The van der Waals surface area contributed by atoms with Crippen molar-refractivity contribution in [3.05, 3.63) is 65.2 Å². The highest BCUT2D eigenvalue weighted by Gasteiger charge is 2.32. The van der Waals surface area contributed by atoms with Gasteiger partial charge in [0.25, 0.3) is 0 Å². The Morgan fingerprint density at radius 1 is 1.05 bits per heavy atom. The van der Waals surface area contributed by atoms with Gasteiger partial charge < -0.3 is 11.5 Å². The van der Waals surface area contributed by atoms with Gasteiger partial charge in [-0.15, -0.1) is 0 Å². The van der Waals surface area contributed by atoms with E-state index in [0.29, 0.717) is 5.92 Å². The van der Waals surface area contributed by atoms with Crippen LogP contribution < -0.4 is 11.5 Å². The summed E-state index contributed by atoms with van der Waals surface area (Å²) in [5, 5.41) is 0. The molecule has 1 aliphatic rings. The Morgan fingerprint density at radius 3 is 2.57 bits per heavy atom. The van der Waals surface area contributed by atoms with Crippen molar-refractivity contribution in [3.8, 4) is 0 Å². The maximum absolute atomic E-state index is 6.38. The fourth-order valence-electron chi connectivity index (χ4n) is 3.24. The molecule has 21 heavy (non-hydrogen) atoms. The minimum atomic E-state index is 0.151. The number of benzene rings is 2. The molecule has 0 amide bonds. The summed E-state index contributed by atoms with van der Waals surface area (Å²) >= 11 is 0. The monoisotopic (exact) mass is 281 g/mol. The van der Waals surface area contributed by atoms with E-state index < -0.39 is 0 Å². The molecule has 3 rings (SSSR count). The molecule has 1 fully saturated rings. The van der Waals surface area contributed by atoms with Crippen molar-refractivity contribution in [2.45, 2.75) is 25.4 Å². The number of anilines is 1. The molecule has 1 saturated heterocycles. The Hall–Kier alpha value is -1.84. The van der Waals surface area contributed by atoms with Crippen LogP contribution in [0.25, 0.3) is 0 Å². The van der Waals surface area contributed by atoms with Gasteiger partial charge in [0.2, 0.25) is 0 Å². The van der Waals surface area contributed by atoms with E-state index in [2.05, 4.69) is 60.4 Å². The highest BCUT2D eigenvalue weighted by Crippen LogP contribution is 2.32. The lowest BCUT2D eigenvalue weighted by Crippen LogP contribution is -2.29. The van der Waals surface area contributed by atoms with E-state index >= 15 is 0 Å². The number of hydrogen-bond donors (Lipinski definition) is 2. The lowest BCUT2D eigenvalue weighted by molar-refractivity contribution is 0.324. The standard InChI is InChI=1S/C18H23N3/c1-13-6-5-9-15(18(13)20)16-11-21(12-17(16)19)10-14-7-3-2-4-8-14/h2-9,16-17H,10-12,19-20H2,1H3. The van der Waals surface area contributed by atoms with Crippen molar-refractivity contribution in [1.82, 2.24) is 4.90 Å². The number of rotatable bonds is 3. The predicted molar refractivity (Wildman–Crippen MR) is 88.0 cm³/mol. The van der Waals surface area contributed by atoms with Crippen molar-refractivity contribution in [3.63, 3.8) is 0 Å². The van der Waals surface area contributed by atoms with Crippen molar-refractivity contribution >= 4 is 5.69 Å². The van der Waals surface area contributed by atoms with Gasteiger partial charge in [0.15, 0.2) is 0 Å². The van der Waals surface area contributed by atoms with Gasteiger partial charge in [0.1, 0.15) is 0 Å². The van der Waals surface area contributed by atoms with E-state index in [-0.39, 0.29) is 6.04 Å². The predicted octanol–water partition coefficient (Wildman–Crippen LogP) is 2.50. The first-order valence-electron chi connectivity index (χ1n) is 7.52. The van der Waals surface area contributed by atoms with Gasteiger partial charge in [-0.2, -0.15) is 0 Å². The molecule has 2 atom stereocenters. The third-order valence-corrected chi connectivity index (χ3v) is 4.45. The normalized spacial score (nSPS) is 22.6. The van der Waals surface area contributed by atoms with Gasteiger partial charge in [0.05, 0.1) is 0 Å². The van der Waals surface area contributed by atoms with E-state index in [1.807, 2.05) is 0 Å². The molecule has 0 saturated carbocycles. The lowest BCUT2D eigenvalue weighted by atomic mass is 9.92. The molecule has 2 unspecified atom stereocenters. The fourth-order valence-corrected chi connectivity index (χ4v) is 3.24. The molecule has 3 nitrogen and oxygen atoms in total. The second kappa shape index (κ2) is 5.88. The van der Waals surface area contributed by atoms with Crippen LogP contribution in [0.4, 0.5) is 5.69 Å². The van der Waals surface area contributed by atoms with E-state index in [1.165, 1.54) is 11.1 Å². The SMILES string of the molecule is Cc1cccc(C2CN(Cc3ccccc3)CC2N)c1N. The zero-order valence-electron chi connectivity index (χ0n) is 12.5. The minimum absolute atomic E-state index is 0.151. The highest BCUT2D eigenvalue weighted by atomic mass is 15.2. The summed E-state index contributed by atoms with van der Waals surface area (Å²) in [7, 11) is 0. The van der Waals surface area contributed by atoms with Crippen molar-refractivity contribution in [2.75, 3.05) is 18.8 Å².